The van der Waals surface area contributed by atoms with E-state index in [1.807, 2.05) is 42.5 Å². The number of rotatable bonds is 4. The second kappa shape index (κ2) is 6.63. The lowest BCUT2D eigenvalue weighted by Crippen LogP contribution is -2.32. The molecule has 1 N–H and O–H groups in total. The molecule has 3 rings (SSSR count). The Bertz CT molecular complexity index is 665. The zero-order valence-electron chi connectivity index (χ0n) is 13.1. The van der Waals surface area contributed by atoms with Crippen molar-refractivity contribution in [2.75, 3.05) is 18.4 Å². The van der Waals surface area contributed by atoms with E-state index in [2.05, 4.69) is 29.3 Å². The molecule has 0 saturated carbocycles. The number of anilines is 1. The molecule has 1 fully saturated rings. The van der Waals surface area contributed by atoms with Gasteiger partial charge in [-0.15, -0.1) is 11.3 Å². The van der Waals surface area contributed by atoms with Crippen LogP contribution >= 0.6 is 11.3 Å². The monoisotopic (exact) mass is 314 g/mol. The SMILES string of the molecule is Cc1cccc(NC(=O)CN2CCCC2c2ccc(C)s2)c1. The van der Waals surface area contributed by atoms with E-state index in [0.717, 1.165) is 24.2 Å². The van der Waals surface area contributed by atoms with Gasteiger partial charge in [-0.3, -0.25) is 9.69 Å². The molecule has 4 heteroatoms. The first-order valence-electron chi connectivity index (χ1n) is 7.79. The zero-order chi connectivity index (χ0) is 15.5. The third-order valence-electron chi connectivity index (χ3n) is 4.10. The maximum atomic E-state index is 12.3. The summed E-state index contributed by atoms with van der Waals surface area (Å²) in [4.78, 5) is 17.3. The molecule has 1 unspecified atom stereocenters. The summed E-state index contributed by atoms with van der Waals surface area (Å²) >= 11 is 1.85. The second-order valence-corrected chi connectivity index (χ2v) is 7.31. The van der Waals surface area contributed by atoms with E-state index < -0.39 is 0 Å². The molecule has 1 atom stereocenters. The van der Waals surface area contributed by atoms with Gasteiger partial charge < -0.3 is 5.32 Å². The van der Waals surface area contributed by atoms with Crippen molar-refractivity contribution < 1.29 is 4.79 Å². The molecule has 0 spiro atoms. The van der Waals surface area contributed by atoms with Gasteiger partial charge in [0.2, 0.25) is 5.91 Å². The Labute approximate surface area is 136 Å². The van der Waals surface area contributed by atoms with Crippen molar-refractivity contribution in [3.05, 3.63) is 51.7 Å². The molecular formula is C18H22N2OS. The molecule has 116 valence electrons. The van der Waals surface area contributed by atoms with Gasteiger partial charge in [-0.2, -0.15) is 0 Å². The number of nitrogens with zero attached hydrogens (tertiary/aromatic N) is 1. The summed E-state index contributed by atoms with van der Waals surface area (Å²) in [6.45, 7) is 5.64. The summed E-state index contributed by atoms with van der Waals surface area (Å²) in [5.74, 6) is 0.0748. The first kappa shape index (κ1) is 15.3. The third-order valence-corrected chi connectivity index (χ3v) is 5.20. The third kappa shape index (κ3) is 3.57. The predicted octanol–water partition coefficient (Wildman–Crippen LogP) is 4.14. The number of benzene rings is 1. The van der Waals surface area contributed by atoms with Crippen LogP contribution in [-0.2, 0) is 4.79 Å². The lowest BCUT2D eigenvalue weighted by Gasteiger charge is -2.23. The first-order valence-corrected chi connectivity index (χ1v) is 8.60. The van der Waals surface area contributed by atoms with Gasteiger partial charge in [0.15, 0.2) is 0 Å². The normalized spacial score (nSPS) is 18.5. The molecule has 2 heterocycles. The van der Waals surface area contributed by atoms with Gasteiger partial charge in [-0.1, -0.05) is 12.1 Å². The summed E-state index contributed by atoms with van der Waals surface area (Å²) in [5, 5.41) is 3.01. The van der Waals surface area contributed by atoms with Crippen molar-refractivity contribution in [3.8, 4) is 0 Å². The number of carbonyl (C=O) groups excluding carboxylic acids is 1. The number of aryl methyl sites for hydroxylation is 2. The molecule has 1 aliphatic rings. The fraction of sp³-hybridized carbons (Fsp3) is 0.389. The average Bonchev–Trinajstić information content (AvgIpc) is 3.07. The lowest BCUT2D eigenvalue weighted by atomic mass is 10.2. The largest absolute Gasteiger partial charge is 0.325 e. The van der Waals surface area contributed by atoms with Crippen molar-refractivity contribution in [2.45, 2.75) is 32.7 Å². The van der Waals surface area contributed by atoms with E-state index in [-0.39, 0.29) is 5.91 Å². The van der Waals surface area contributed by atoms with Gasteiger partial charge in [0.1, 0.15) is 0 Å². The molecule has 2 aromatic rings. The first-order chi connectivity index (χ1) is 10.6. The van der Waals surface area contributed by atoms with Crippen LogP contribution in [0.25, 0.3) is 0 Å². The Morgan fingerprint density at radius 1 is 1.32 bits per heavy atom. The summed E-state index contributed by atoms with van der Waals surface area (Å²) in [6.07, 6.45) is 2.32. The Kier molecular flexibility index (Phi) is 4.60. The van der Waals surface area contributed by atoms with Crippen LogP contribution in [0.3, 0.4) is 0 Å². The molecular weight excluding hydrogens is 292 g/mol. The predicted molar refractivity (Wildman–Crippen MR) is 92.4 cm³/mol. The molecule has 1 aromatic heterocycles. The maximum absolute atomic E-state index is 12.3. The number of hydrogen-bond donors (Lipinski definition) is 1. The standard InChI is InChI=1S/C18H22N2OS/c1-13-5-3-6-15(11-13)19-18(21)12-20-10-4-7-16(20)17-9-8-14(2)22-17/h3,5-6,8-9,11,16H,4,7,10,12H2,1-2H3,(H,19,21). The molecule has 1 saturated heterocycles. The van der Waals surface area contributed by atoms with E-state index in [0.29, 0.717) is 12.6 Å². The van der Waals surface area contributed by atoms with Crippen molar-refractivity contribution in [2.24, 2.45) is 0 Å². The minimum atomic E-state index is 0.0748. The van der Waals surface area contributed by atoms with E-state index in [1.54, 1.807) is 0 Å². The molecule has 0 bridgehead atoms. The summed E-state index contributed by atoms with van der Waals surface area (Å²) < 4.78 is 0. The quantitative estimate of drug-likeness (QED) is 0.920. The number of likely N-dealkylation sites (tertiary alicyclic amines) is 1. The van der Waals surface area contributed by atoms with Crippen molar-refractivity contribution in [1.82, 2.24) is 4.90 Å². The van der Waals surface area contributed by atoms with E-state index in [9.17, 15) is 4.79 Å². The Morgan fingerprint density at radius 3 is 2.91 bits per heavy atom. The summed E-state index contributed by atoms with van der Waals surface area (Å²) in [6, 6.07) is 12.7. The van der Waals surface area contributed by atoms with Gasteiger partial charge >= 0.3 is 0 Å². The van der Waals surface area contributed by atoms with Crippen molar-refractivity contribution in [1.29, 1.82) is 0 Å². The Morgan fingerprint density at radius 2 is 2.18 bits per heavy atom. The van der Waals surface area contributed by atoms with Crippen LogP contribution in [0.5, 0.6) is 0 Å². The molecule has 0 radical (unpaired) electrons. The van der Waals surface area contributed by atoms with Gasteiger partial charge in [0, 0.05) is 21.5 Å². The number of hydrogen-bond acceptors (Lipinski definition) is 3. The summed E-state index contributed by atoms with van der Waals surface area (Å²) in [5.41, 5.74) is 2.04. The van der Waals surface area contributed by atoms with Gasteiger partial charge in [0.25, 0.3) is 0 Å². The summed E-state index contributed by atoms with van der Waals surface area (Å²) in [7, 11) is 0. The van der Waals surface area contributed by atoms with Gasteiger partial charge in [-0.05, 0) is 63.1 Å². The molecule has 1 aliphatic heterocycles. The van der Waals surface area contributed by atoms with Crippen LogP contribution in [0.1, 0.15) is 34.2 Å². The maximum Gasteiger partial charge on any atom is 0.238 e. The molecule has 22 heavy (non-hydrogen) atoms. The topological polar surface area (TPSA) is 32.3 Å². The highest BCUT2D eigenvalue weighted by Crippen LogP contribution is 2.35. The fourth-order valence-electron chi connectivity index (χ4n) is 3.08. The van der Waals surface area contributed by atoms with Crippen LogP contribution in [0.15, 0.2) is 36.4 Å². The zero-order valence-corrected chi connectivity index (χ0v) is 14.0. The minimum absolute atomic E-state index is 0.0748. The number of carbonyl (C=O) groups is 1. The lowest BCUT2D eigenvalue weighted by molar-refractivity contribution is -0.117. The highest BCUT2D eigenvalue weighted by Gasteiger charge is 2.28. The van der Waals surface area contributed by atoms with Gasteiger partial charge in [-0.25, -0.2) is 0 Å². The van der Waals surface area contributed by atoms with Crippen LogP contribution < -0.4 is 5.32 Å². The Balaban J connectivity index is 1.63. The molecule has 1 aromatic carbocycles. The molecule has 0 aliphatic carbocycles. The number of amides is 1. The fourth-order valence-corrected chi connectivity index (χ4v) is 4.12. The number of nitrogens with one attached hydrogen (secondary N) is 1. The van der Waals surface area contributed by atoms with Crippen molar-refractivity contribution in [3.63, 3.8) is 0 Å². The number of thiophene rings is 1. The van der Waals surface area contributed by atoms with Crippen LogP contribution in [-0.4, -0.2) is 23.9 Å². The van der Waals surface area contributed by atoms with Crippen molar-refractivity contribution >= 4 is 22.9 Å². The van der Waals surface area contributed by atoms with E-state index >= 15 is 0 Å². The second-order valence-electron chi connectivity index (χ2n) is 5.99. The van der Waals surface area contributed by atoms with E-state index in [1.165, 1.54) is 16.2 Å². The van der Waals surface area contributed by atoms with E-state index in [4.69, 9.17) is 0 Å². The smallest absolute Gasteiger partial charge is 0.238 e. The highest BCUT2D eigenvalue weighted by molar-refractivity contribution is 7.12. The molecule has 1 amide bonds. The van der Waals surface area contributed by atoms with Crippen LogP contribution in [0.2, 0.25) is 0 Å². The molecule has 3 nitrogen and oxygen atoms in total. The minimum Gasteiger partial charge on any atom is -0.325 e. The van der Waals surface area contributed by atoms with Crippen LogP contribution in [0.4, 0.5) is 5.69 Å². The van der Waals surface area contributed by atoms with Crippen LogP contribution in [0, 0.1) is 13.8 Å². The Hall–Kier alpha value is -1.65. The average molecular weight is 314 g/mol. The highest BCUT2D eigenvalue weighted by atomic mass is 32.1. The van der Waals surface area contributed by atoms with Gasteiger partial charge in [0.05, 0.1) is 6.54 Å².